The smallest absolute Gasteiger partial charge is 0.309 e. The number of benzene rings is 2. The molecule has 1 amide bonds. The molecular weight excluding hydrogens is 406 g/mol. The molecule has 1 aromatic heterocycles. The molecule has 0 aliphatic carbocycles. The summed E-state index contributed by atoms with van der Waals surface area (Å²) in [6, 6.07) is 15.9. The number of aliphatic carboxylic acids is 1. The van der Waals surface area contributed by atoms with Gasteiger partial charge in [0, 0.05) is 25.1 Å². The van der Waals surface area contributed by atoms with Crippen molar-refractivity contribution in [2.45, 2.75) is 46.6 Å². The monoisotopic (exact) mass is 435 g/mol. The van der Waals surface area contributed by atoms with Crippen LogP contribution < -0.4 is 0 Å². The zero-order valence-corrected chi connectivity index (χ0v) is 18.7. The number of unbranched alkanes of at least 4 members (excludes halogenated alkanes) is 1. The highest BCUT2D eigenvalue weighted by atomic mass is 16.4. The van der Waals surface area contributed by atoms with Gasteiger partial charge in [-0.25, -0.2) is 5.10 Å². The molecule has 0 fully saturated rings. The highest BCUT2D eigenvalue weighted by molar-refractivity contribution is 5.84. The van der Waals surface area contributed by atoms with Crippen LogP contribution in [0, 0.1) is 5.41 Å². The fourth-order valence-corrected chi connectivity index (χ4v) is 3.43. The van der Waals surface area contributed by atoms with Crippen LogP contribution in [0.15, 0.2) is 48.5 Å². The Morgan fingerprint density at radius 3 is 2.34 bits per heavy atom. The van der Waals surface area contributed by atoms with Crippen molar-refractivity contribution < 1.29 is 14.7 Å². The minimum atomic E-state index is -1.09. The molecule has 0 saturated heterocycles. The molecular formula is C24H29N5O3. The Balaban J connectivity index is 1.79. The number of nitrogens with zero attached hydrogens (tertiary/aromatic N) is 4. The summed E-state index contributed by atoms with van der Waals surface area (Å²) in [7, 11) is 0. The van der Waals surface area contributed by atoms with Crippen molar-refractivity contribution in [2.75, 3.05) is 6.54 Å². The molecule has 0 saturated carbocycles. The topological polar surface area (TPSA) is 112 Å². The normalized spacial score (nSPS) is 11.3. The third-order valence-electron chi connectivity index (χ3n) is 5.47. The summed E-state index contributed by atoms with van der Waals surface area (Å²) < 4.78 is 0. The van der Waals surface area contributed by atoms with Gasteiger partial charge in [-0.05, 0) is 47.4 Å². The van der Waals surface area contributed by atoms with Crippen molar-refractivity contribution >= 4 is 11.9 Å². The summed E-state index contributed by atoms with van der Waals surface area (Å²) in [5.74, 6) is -0.508. The molecule has 0 spiro atoms. The molecule has 0 unspecified atom stereocenters. The van der Waals surface area contributed by atoms with Crippen LogP contribution in [0.5, 0.6) is 0 Å². The molecule has 0 aliphatic rings. The largest absolute Gasteiger partial charge is 0.481 e. The molecule has 0 radical (unpaired) electrons. The predicted molar refractivity (Wildman–Crippen MR) is 121 cm³/mol. The Labute approximate surface area is 187 Å². The van der Waals surface area contributed by atoms with Gasteiger partial charge in [0.1, 0.15) is 0 Å². The molecule has 0 bridgehead atoms. The standard InChI is InChI=1S/C24H29N5O3/c1-4-5-14-29(21(30)15-24(2,3)23(31)32)16-17-10-12-18(13-11-17)19-8-6-7-9-20(19)22-25-27-28-26-22/h6-13H,4-5,14-16H2,1-3H3,(H,31,32)(H,25,26,27,28). The summed E-state index contributed by atoms with van der Waals surface area (Å²) in [6.07, 6.45) is 1.80. The number of carboxylic acid groups (broad SMARTS) is 1. The molecule has 2 aromatic carbocycles. The minimum absolute atomic E-state index is 0.0251. The van der Waals surface area contributed by atoms with Crippen molar-refractivity contribution in [2.24, 2.45) is 5.41 Å². The van der Waals surface area contributed by atoms with Crippen LogP contribution >= 0.6 is 0 Å². The first-order valence-corrected chi connectivity index (χ1v) is 10.8. The zero-order chi connectivity index (χ0) is 23.1. The van der Waals surface area contributed by atoms with E-state index >= 15 is 0 Å². The number of hydrogen-bond acceptors (Lipinski definition) is 5. The third-order valence-corrected chi connectivity index (χ3v) is 5.47. The van der Waals surface area contributed by atoms with Gasteiger partial charge in [0.2, 0.25) is 5.91 Å². The van der Waals surface area contributed by atoms with Crippen LogP contribution in [-0.2, 0) is 16.1 Å². The van der Waals surface area contributed by atoms with Gasteiger partial charge in [-0.2, -0.15) is 0 Å². The molecule has 1 heterocycles. The Kier molecular flexibility index (Phi) is 7.35. The van der Waals surface area contributed by atoms with Crippen LogP contribution in [0.3, 0.4) is 0 Å². The van der Waals surface area contributed by atoms with Gasteiger partial charge in [-0.1, -0.05) is 61.9 Å². The van der Waals surface area contributed by atoms with E-state index in [-0.39, 0.29) is 12.3 Å². The first-order chi connectivity index (χ1) is 15.3. The summed E-state index contributed by atoms with van der Waals surface area (Å²) in [4.78, 5) is 26.1. The van der Waals surface area contributed by atoms with Crippen LogP contribution in [0.4, 0.5) is 0 Å². The van der Waals surface area contributed by atoms with E-state index in [2.05, 4.69) is 27.5 Å². The van der Waals surface area contributed by atoms with Crippen LogP contribution in [-0.4, -0.2) is 49.1 Å². The van der Waals surface area contributed by atoms with Crippen molar-refractivity contribution in [1.82, 2.24) is 25.5 Å². The van der Waals surface area contributed by atoms with Crippen LogP contribution in [0.25, 0.3) is 22.5 Å². The summed E-state index contributed by atoms with van der Waals surface area (Å²) in [5, 5.41) is 23.5. The summed E-state index contributed by atoms with van der Waals surface area (Å²) >= 11 is 0. The van der Waals surface area contributed by atoms with Gasteiger partial charge >= 0.3 is 5.97 Å². The van der Waals surface area contributed by atoms with Gasteiger partial charge in [-0.3, -0.25) is 9.59 Å². The molecule has 3 aromatic rings. The number of aromatic nitrogens is 4. The highest BCUT2D eigenvalue weighted by Gasteiger charge is 2.32. The number of amides is 1. The number of carboxylic acids is 1. The second-order valence-electron chi connectivity index (χ2n) is 8.53. The third kappa shape index (κ3) is 5.57. The van der Waals surface area contributed by atoms with Crippen molar-refractivity contribution in [3.8, 4) is 22.5 Å². The van der Waals surface area contributed by atoms with Gasteiger partial charge in [0.05, 0.1) is 5.41 Å². The first kappa shape index (κ1) is 23.1. The number of carbonyl (C=O) groups is 2. The average molecular weight is 436 g/mol. The van der Waals surface area contributed by atoms with E-state index < -0.39 is 11.4 Å². The summed E-state index contributed by atoms with van der Waals surface area (Å²) in [5.41, 5.74) is 2.81. The fourth-order valence-electron chi connectivity index (χ4n) is 3.43. The van der Waals surface area contributed by atoms with Gasteiger partial charge in [-0.15, -0.1) is 5.10 Å². The van der Waals surface area contributed by atoms with E-state index in [0.29, 0.717) is 18.9 Å². The second kappa shape index (κ2) is 10.2. The second-order valence-corrected chi connectivity index (χ2v) is 8.53. The SMILES string of the molecule is CCCCN(Cc1ccc(-c2ccccc2-c2nnn[nH]2)cc1)C(=O)CC(C)(C)C(=O)O. The number of H-pyrrole nitrogens is 1. The molecule has 0 atom stereocenters. The highest BCUT2D eigenvalue weighted by Crippen LogP contribution is 2.30. The number of hydrogen-bond donors (Lipinski definition) is 2. The number of rotatable bonds is 10. The van der Waals surface area contributed by atoms with Crippen molar-refractivity contribution in [1.29, 1.82) is 0 Å². The molecule has 8 nitrogen and oxygen atoms in total. The summed E-state index contributed by atoms with van der Waals surface area (Å²) in [6.45, 7) is 6.29. The van der Waals surface area contributed by atoms with Gasteiger partial charge < -0.3 is 10.0 Å². The maximum absolute atomic E-state index is 12.9. The maximum atomic E-state index is 12.9. The van der Waals surface area contributed by atoms with E-state index in [0.717, 1.165) is 35.1 Å². The fraction of sp³-hybridized carbons (Fsp3) is 0.375. The predicted octanol–water partition coefficient (Wildman–Crippen LogP) is 4.16. The Bertz CT molecular complexity index is 1050. The lowest BCUT2D eigenvalue weighted by Gasteiger charge is -2.27. The quantitative estimate of drug-likeness (QED) is 0.494. The Morgan fingerprint density at radius 2 is 1.75 bits per heavy atom. The Morgan fingerprint density at radius 1 is 1.06 bits per heavy atom. The van der Waals surface area contributed by atoms with E-state index in [9.17, 15) is 14.7 Å². The number of tetrazole rings is 1. The van der Waals surface area contributed by atoms with Crippen molar-refractivity contribution in [3.63, 3.8) is 0 Å². The van der Waals surface area contributed by atoms with E-state index in [4.69, 9.17) is 0 Å². The number of nitrogens with one attached hydrogen (secondary N) is 1. The van der Waals surface area contributed by atoms with Gasteiger partial charge in [0.15, 0.2) is 5.82 Å². The number of carbonyl (C=O) groups excluding carboxylic acids is 1. The molecule has 32 heavy (non-hydrogen) atoms. The molecule has 168 valence electrons. The lowest BCUT2D eigenvalue weighted by atomic mass is 9.89. The first-order valence-electron chi connectivity index (χ1n) is 10.8. The zero-order valence-electron chi connectivity index (χ0n) is 18.7. The molecule has 2 N–H and O–H groups in total. The van der Waals surface area contributed by atoms with E-state index in [1.165, 1.54) is 0 Å². The average Bonchev–Trinajstić information content (AvgIpc) is 3.31. The molecule has 8 heteroatoms. The lowest BCUT2D eigenvalue weighted by Crippen LogP contribution is -2.37. The van der Waals surface area contributed by atoms with Crippen molar-refractivity contribution in [3.05, 3.63) is 54.1 Å². The van der Waals surface area contributed by atoms with Gasteiger partial charge in [0.25, 0.3) is 0 Å². The van der Waals surface area contributed by atoms with E-state index in [1.54, 1.807) is 18.7 Å². The number of aromatic amines is 1. The molecule has 3 rings (SSSR count). The van der Waals surface area contributed by atoms with E-state index in [1.807, 2.05) is 48.5 Å². The maximum Gasteiger partial charge on any atom is 0.309 e. The van der Waals surface area contributed by atoms with Crippen LogP contribution in [0.2, 0.25) is 0 Å². The Hall–Kier alpha value is -3.55. The lowest BCUT2D eigenvalue weighted by molar-refractivity contribution is -0.151. The molecule has 0 aliphatic heterocycles. The minimum Gasteiger partial charge on any atom is -0.481 e. The van der Waals surface area contributed by atoms with Crippen LogP contribution in [0.1, 0.15) is 45.6 Å².